The Hall–Kier alpha value is -4.03. The summed E-state index contributed by atoms with van der Waals surface area (Å²) in [6.07, 6.45) is -6.18. The van der Waals surface area contributed by atoms with Gasteiger partial charge in [-0.15, -0.1) is 0 Å². The van der Waals surface area contributed by atoms with Crippen molar-refractivity contribution >= 4 is 17.9 Å². The number of ether oxygens (including phenoxy) is 4. The summed E-state index contributed by atoms with van der Waals surface area (Å²) in [5.41, 5.74) is -2.62. The van der Waals surface area contributed by atoms with E-state index in [9.17, 15) is 39.9 Å². The van der Waals surface area contributed by atoms with Gasteiger partial charge in [-0.05, 0) is 36.4 Å². The maximum atomic E-state index is 12.7. The minimum Gasteiger partial charge on any atom is -0.504 e. The third kappa shape index (κ3) is 5.39. The smallest absolute Gasteiger partial charge is 0.338 e. The number of methoxy groups -OCH3 is 2. The number of benzene rings is 2. The van der Waals surface area contributed by atoms with Crippen molar-refractivity contribution in [1.29, 1.82) is 0 Å². The van der Waals surface area contributed by atoms with Crippen molar-refractivity contribution in [3.05, 3.63) is 47.5 Å². The van der Waals surface area contributed by atoms with Gasteiger partial charge in [-0.1, -0.05) is 0 Å². The van der Waals surface area contributed by atoms with Crippen LogP contribution in [0.3, 0.4) is 0 Å². The third-order valence-electron chi connectivity index (χ3n) is 5.56. The van der Waals surface area contributed by atoms with E-state index in [0.717, 1.165) is 0 Å². The van der Waals surface area contributed by atoms with E-state index in [1.165, 1.54) is 50.6 Å². The molecule has 0 unspecified atom stereocenters. The van der Waals surface area contributed by atoms with E-state index in [1.54, 1.807) is 0 Å². The van der Waals surface area contributed by atoms with Gasteiger partial charge in [-0.25, -0.2) is 14.4 Å². The van der Waals surface area contributed by atoms with E-state index in [0.29, 0.717) is 0 Å². The fraction of sp³-hybridized carbons (Fsp3) is 0.348. The Bertz CT molecular complexity index is 1130. The normalized spacial score (nSPS) is 23.7. The number of phenols is 2. The molecule has 0 amide bonds. The first kappa shape index (κ1) is 25.6. The number of aliphatic hydroxyl groups excluding tert-OH is 1. The average Bonchev–Trinajstić information content (AvgIpc) is 2.81. The van der Waals surface area contributed by atoms with Gasteiger partial charge in [0, 0.05) is 12.8 Å². The maximum absolute atomic E-state index is 12.7. The van der Waals surface area contributed by atoms with Crippen LogP contribution in [0.25, 0.3) is 0 Å². The fourth-order valence-electron chi connectivity index (χ4n) is 3.69. The summed E-state index contributed by atoms with van der Waals surface area (Å²) in [6.45, 7) is 0. The van der Waals surface area contributed by atoms with Crippen LogP contribution in [0.2, 0.25) is 0 Å². The number of esters is 2. The summed E-state index contributed by atoms with van der Waals surface area (Å²) < 4.78 is 20.6. The monoisotopic (exact) mass is 492 g/mol. The lowest BCUT2D eigenvalue weighted by Crippen LogP contribution is -2.58. The minimum absolute atomic E-state index is 0.0202. The number of hydrogen-bond acceptors (Lipinski definition) is 11. The van der Waals surface area contributed by atoms with Crippen LogP contribution in [-0.2, 0) is 14.3 Å². The SMILES string of the molecule is COc1cc(C(=O)O[C@H]2[C@H](O)C[C@](O)(C(=O)O)C[C@H]2OC(=O)c2ccc(O)c(OC)c2)ccc1O. The average molecular weight is 492 g/mol. The van der Waals surface area contributed by atoms with Crippen molar-refractivity contribution in [1.82, 2.24) is 0 Å². The van der Waals surface area contributed by atoms with Crippen LogP contribution in [-0.4, -0.2) is 81.6 Å². The van der Waals surface area contributed by atoms with Gasteiger partial charge in [0.25, 0.3) is 0 Å². The molecule has 12 nitrogen and oxygen atoms in total. The van der Waals surface area contributed by atoms with Crippen LogP contribution < -0.4 is 9.47 Å². The highest BCUT2D eigenvalue weighted by molar-refractivity contribution is 5.91. The van der Waals surface area contributed by atoms with Gasteiger partial charge < -0.3 is 44.5 Å². The summed E-state index contributed by atoms with van der Waals surface area (Å²) in [7, 11) is 2.54. The fourth-order valence-corrected chi connectivity index (χ4v) is 3.69. The van der Waals surface area contributed by atoms with Crippen LogP contribution in [0, 0.1) is 0 Å². The molecule has 3 rings (SSSR count). The molecule has 1 aliphatic rings. The molecule has 1 saturated carbocycles. The Labute approximate surface area is 198 Å². The van der Waals surface area contributed by atoms with Crippen LogP contribution in [0.4, 0.5) is 0 Å². The number of hydrogen-bond donors (Lipinski definition) is 5. The molecule has 1 aliphatic carbocycles. The Kier molecular flexibility index (Phi) is 7.37. The lowest BCUT2D eigenvalue weighted by atomic mass is 9.79. The molecule has 4 atom stereocenters. The zero-order valence-electron chi connectivity index (χ0n) is 18.7. The number of rotatable bonds is 7. The van der Waals surface area contributed by atoms with Crippen molar-refractivity contribution in [2.75, 3.05) is 14.2 Å². The first-order valence-electron chi connectivity index (χ1n) is 10.3. The molecule has 0 spiro atoms. The largest absolute Gasteiger partial charge is 0.504 e. The highest BCUT2D eigenvalue weighted by atomic mass is 16.6. The molecule has 2 aromatic rings. The van der Waals surface area contributed by atoms with Crippen molar-refractivity contribution < 1.29 is 58.9 Å². The number of carboxylic acid groups (broad SMARTS) is 1. The highest BCUT2D eigenvalue weighted by Crippen LogP contribution is 2.35. The van der Waals surface area contributed by atoms with E-state index in [1.807, 2.05) is 0 Å². The summed E-state index contributed by atoms with van der Waals surface area (Å²) >= 11 is 0. The minimum atomic E-state index is -2.46. The molecule has 0 saturated heterocycles. The Morgan fingerprint density at radius 3 is 1.80 bits per heavy atom. The molecule has 12 heteroatoms. The lowest BCUT2D eigenvalue weighted by Gasteiger charge is -2.40. The second-order valence-electron chi connectivity index (χ2n) is 7.90. The van der Waals surface area contributed by atoms with E-state index in [4.69, 9.17) is 18.9 Å². The lowest BCUT2D eigenvalue weighted by molar-refractivity contribution is -0.187. The first-order valence-corrected chi connectivity index (χ1v) is 10.3. The molecular weight excluding hydrogens is 468 g/mol. The van der Waals surface area contributed by atoms with Crippen LogP contribution in [0.15, 0.2) is 36.4 Å². The van der Waals surface area contributed by atoms with E-state index < -0.39 is 54.7 Å². The van der Waals surface area contributed by atoms with Gasteiger partial charge in [0.1, 0.15) is 6.10 Å². The van der Waals surface area contributed by atoms with E-state index in [-0.39, 0.29) is 34.1 Å². The van der Waals surface area contributed by atoms with Crippen molar-refractivity contribution in [3.8, 4) is 23.0 Å². The Balaban J connectivity index is 1.88. The molecule has 0 radical (unpaired) electrons. The second-order valence-corrected chi connectivity index (χ2v) is 7.90. The number of aliphatic hydroxyl groups is 2. The summed E-state index contributed by atoms with van der Waals surface area (Å²) in [6, 6.07) is 7.16. The number of phenolic OH excluding ortho intramolecular Hbond substituents is 2. The van der Waals surface area contributed by atoms with Gasteiger partial charge >= 0.3 is 17.9 Å². The summed E-state index contributed by atoms with van der Waals surface area (Å²) in [4.78, 5) is 37.1. The molecule has 0 heterocycles. The second kappa shape index (κ2) is 10.1. The van der Waals surface area contributed by atoms with Crippen molar-refractivity contribution in [2.45, 2.75) is 36.8 Å². The molecule has 2 aromatic carbocycles. The Morgan fingerprint density at radius 1 is 0.857 bits per heavy atom. The summed E-state index contributed by atoms with van der Waals surface area (Å²) in [5.74, 6) is -4.18. The van der Waals surface area contributed by atoms with Gasteiger partial charge in [0.2, 0.25) is 0 Å². The predicted molar refractivity (Wildman–Crippen MR) is 116 cm³/mol. The number of carbonyl (C=O) groups is 3. The number of aliphatic carboxylic acids is 1. The molecule has 0 aliphatic heterocycles. The number of aromatic hydroxyl groups is 2. The zero-order valence-corrected chi connectivity index (χ0v) is 18.7. The molecule has 5 N–H and O–H groups in total. The van der Waals surface area contributed by atoms with Crippen molar-refractivity contribution in [3.63, 3.8) is 0 Å². The topological polar surface area (TPSA) is 189 Å². The molecule has 0 bridgehead atoms. The van der Waals surface area contributed by atoms with Crippen molar-refractivity contribution in [2.24, 2.45) is 0 Å². The van der Waals surface area contributed by atoms with E-state index in [2.05, 4.69) is 0 Å². The zero-order chi connectivity index (χ0) is 25.9. The van der Waals surface area contributed by atoms with Gasteiger partial charge in [0.05, 0.1) is 31.5 Å². The third-order valence-corrected chi connectivity index (χ3v) is 5.56. The molecule has 1 fully saturated rings. The number of carbonyl (C=O) groups excluding carboxylic acids is 2. The van der Waals surface area contributed by atoms with Gasteiger partial charge in [0.15, 0.2) is 34.7 Å². The first-order chi connectivity index (χ1) is 16.5. The predicted octanol–water partition coefficient (Wildman–Crippen LogP) is 0.836. The maximum Gasteiger partial charge on any atom is 0.338 e. The highest BCUT2D eigenvalue weighted by Gasteiger charge is 2.52. The standard InChI is InChI=1S/C23H24O12/c1-32-16-7-11(3-5-13(16)24)20(27)34-18-10-23(31,22(29)30)9-15(26)19(18)35-21(28)12-4-6-14(25)17(8-12)33-2/h3-8,15,18-19,24-26,31H,9-10H2,1-2H3,(H,29,30)/t15-,18-,19+,23-/m1/s1. The van der Waals surface area contributed by atoms with E-state index >= 15 is 0 Å². The molecular formula is C23H24O12. The van der Waals surface area contributed by atoms with Crippen LogP contribution >= 0.6 is 0 Å². The van der Waals surface area contributed by atoms with Gasteiger partial charge in [-0.3, -0.25) is 0 Å². The molecule has 0 aromatic heterocycles. The quantitative estimate of drug-likeness (QED) is 0.343. The van der Waals surface area contributed by atoms with Crippen LogP contribution in [0.1, 0.15) is 33.6 Å². The molecule has 35 heavy (non-hydrogen) atoms. The number of carboxylic acids is 1. The Morgan fingerprint density at radius 2 is 1.34 bits per heavy atom. The summed E-state index contributed by atoms with van der Waals surface area (Å²) in [5, 5.41) is 49.9. The van der Waals surface area contributed by atoms with Gasteiger partial charge in [-0.2, -0.15) is 0 Å². The molecule has 188 valence electrons. The van der Waals surface area contributed by atoms with Crippen LogP contribution in [0.5, 0.6) is 23.0 Å².